The second-order valence-corrected chi connectivity index (χ2v) is 6.93. The fraction of sp³-hybridized carbons (Fsp3) is 0.286. The van der Waals surface area contributed by atoms with E-state index in [1.807, 2.05) is 37.3 Å². The summed E-state index contributed by atoms with van der Waals surface area (Å²) in [6.07, 6.45) is 0.909. The minimum Gasteiger partial charge on any atom is -0.480 e. The van der Waals surface area contributed by atoms with Crippen molar-refractivity contribution in [3.63, 3.8) is 0 Å². The van der Waals surface area contributed by atoms with E-state index in [0.717, 1.165) is 12.0 Å². The van der Waals surface area contributed by atoms with Gasteiger partial charge in [-0.1, -0.05) is 37.3 Å². The predicted octanol–water partition coefficient (Wildman–Crippen LogP) is 3.01. The quantitative estimate of drug-likeness (QED) is 0.789. The maximum absolute atomic E-state index is 12.8. The van der Waals surface area contributed by atoms with E-state index in [9.17, 15) is 14.4 Å². The molecule has 1 saturated carbocycles. The first kappa shape index (κ1) is 18.6. The summed E-state index contributed by atoms with van der Waals surface area (Å²) < 4.78 is 0. The number of benzene rings is 2. The molecule has 6 heteroatoms. The molecule has 0 bridgehead atoms. The van der Waals surface area contributed by atoms with Gasteiger partial charge in [-0.3, -0.25) is 14.4 Å². The highest BCUT2D eigenvalue weighted by Crippen LogP contribution is 2.38. The van der Waals surface area contributed by atoms with Gasteiger partial charge in [0, 0.05) is 23.7 Å². The van der Waals surface area contributed by atoms with Crippen LogP contribution in [0.25, 0.3) is 0 Å². The van der Waals surface area contributed by atoms with Crippen molar-refractivity contribution in [1.29, 1.82) is 0 Å². The number of carboxylic acids is 1. The molecule has 0 saturated heterocycles. The van der Waals surface area contributed by atoms with Gasteiger partial charge in [-0.2, -0.15) is 0 Å². The van der Waals surface area contributed by atoms with Gasteiger partial charge in [-0.15, -0.1) is 0 Å². The Kier molecular flexibility index (Phi) is 5.54. The number of hydrogen-bond acceptors (Lipinski definition) is 3. The van der Waals surface area contributed by atoms with Crippen LogP contribution in [0.2, 0.25) is 0 Å². The lowest BCUT2D eigenvalue weighted by Gasteiger charge is -2.21. The molecule has 2 aromatic rings. The van der Waals surface area contributed by atoms with Crippen LogP contribution in [0.1, 0.15) is 29.3 Å². The Balaban J connectivity index is 1.69. The number of nitrogens with one attached hydrogen (secondary N) is 1. The molecule has 1 fully saturated rings. The van der Waals surface area contributed by atoms with Crippen LogP contribution < -0.4 is 5.32 Å². The van der Waals surface area contributed by atoms with Crippen molar-refractivity contribution in [1.82, 2.24) is 4.90 Å². The Morgan fingerprint density at radius 2 is 1.70 bits per heavy atom. The van der Waals surface area contributed by atoms with Gasteiger partial charge in [0.05, 0.1) is 0 Å². The van der Waals surface area contributed by atoms with Gasteiger partial charge in [0.15, 0.2) is 0 Å². The number of aliphatic carboxylic acids is 1. The summed E-state index contributed by atoms with van der Waals surface area (Å²) in [4.78, 5) is 37.2. The number of carbonyl (C=O) groups is 3. The van der Waals surface area contributed by atoms with Gasteiger partial charge >= 0.3 is 5.97 Å². The normalized spacial score (nSPS) is 17.8. The molecule has 1 aliphatic carbocycles. The van der Waals surface area contributed by atoms with Crippen LogP contribution in [-0.4, -0.2) is 34.3 Å². The van der Waals surface area contributed by atoms with Crippen LogP contribution in [0.4, 0.5) is 5.69 Å². The Morgan fingerprint density at radius 1 is 1.07 bits per heavy atom. The number of hydrogen-bond donors (Lipinski definition) is 2. The molecule has 140 valence electrons. The summed E-state index contributed by atoms with van der Waals surface area (Å²) in [6.45, 7) is 1.87. The highest BCUT2D eigenvalue weighted by molar-refractivity contribution is 5.97. The lowest BCUT2D eigenvalue weighted by Crippen LogP contribution is -2.35. The monoisotopic (exact) mass is 366 g/mol. The zero-order valence-corrected chi connectivity index (χ0v) is 15.1. The van der Waals surface area contributed by atoms with Gasteiger partial charge in [0.1, 0.15) is 6.54 Å². The zero-order valence-electron chi connectivity index (χ0n) is 15.1. The third-order valence-corrected chi connectivity index (χ3v) is 4.68. The SMILES string of the molecule is CC1CC1C(=O)Nc1ccc(C(=O)N(CC(=O)O)Cc2ccccc2)cc1. The summed E-state index contributed by atoms with van der Waals surface area (Å²) in [7, 11) is 0. The molecule has 1 aliphatic rings. The first-order valence-corrected chi connectivity index (χ1v) is 8.90. The van der Waals surface area contributed by atoms with E-state index in [2.05, 4.69) is 5.32 Å². The predicted molar refractivity (Wildman–Crippen MR) is 101 cm³/mol. The number of anilines is 1. The molecule has 0 aliphatic heterocycles. The standard InChI is InChI=1S/C21H22N2O4/c1-14-11-18(14)20(26)22-17-9-7-16(8-10-17)21(27)23(13-19(24)25)12-15-5-3-2-4-6-15/h2-10,14,18H,11-13H2,1H3,(H,22,26)(H,24,25). The molecule has 0 spiro atoms. The van der Waals surface area contributed by atoms with E-state index >= 15 is 0 Å². The molecule has 0 heterocycles. The van der Waals surface area contributed by atoms with Crippen molar-refractivity contribution in [3.8, 4) is 0 Å². The highest BCUT2D eigenvalue weighted by atomic mass is 16.4. The number of carbonyl (C=O) groups excluding carboxylic acids is 2. The molecule has 0 radical (unpaired) electrons. The lowest BCUT2D eigenvalue weighted by molar-refractivity contribution is -0.137. The van der Waals surface area contributed by atoms with E-state index in [0.29, 0.717) is 17.2 Å². The van der Waals surface area contributed by atoms with Gasteiger partial charge in [0.2, 0.25) is 5.91 Å². The summed E-state index contributed by atoms with van der Waals surface area (Å²) in [5.41, 5.74) is 1.86. The Morgan fingerprint density at radius 3 is 2.26 bits per heavy atom. The molecular formula is C21H22N2O4. The third kappa shape index (κ3) is 4.94. The van der Waals surface area contributed by atoms with Gasteiger partial charge in [-0.05, 0) is 42.2 Å². The molecule has 27 heavy (non-hydrogen) atoms. The number of nitrogens with zero attached hydrogens (tertiary/aromatic N) is 1. The Labute approximate surface area is 157 Å². The van der Waals surface area contributed by atoms with E-state index in [-0.39, 0.29) is 30.8 Å². The van der Waals surface area contributed by atoms with Crippen LogP contribution in [0.5, 0.6) is 0 Å². The second kappa shape index (κ2) is 8.03. The molecule has 3 rings (SSSR count). The summed E-state index contributed by atoms with van der Waals surface area (Å²) >= 11 is 0. The van der Waals surface area contributed by atoms with Crippen molar-refractivity contribution >= 4 is 23.5 Å². The second-order valence-electron chi connectivity index (χ2n) is 6.93. The highest BCUT2D eigenvalue weighted by Gasteiger charge is 2.39. The van der Waals surface area contributed by atoms with Crippen molar-refractivity contribution in [2.75, 3.05) is 11.9 Å². The van der Waals surface area contributed by atoms with E-state index in [1.165, 1.54) is 4.90 Å². The summed E-state index contributed by atoms with van der Waals surface area (Å²) in [5, 5.41) is 12.0. The van der Waals surface area contributed by atoms with Crippen molar-refractivity contribution < 1.29 is 19.5 Å². The number of rotatable bonds is 7. The van der Waals surface area contributed by atoms with Crippen molar-refractivity contribution in [3.05, 3.63) is 65.7 Å². The van der Waals surface area contributed by atoms with E-state index in [1.54, 1.807) is 24.3 Å². The van der Waals surface area contributed by atoms with Gasteiger partial charge in [-0.25, -0.2) is 0 Å². The van der Waals surface area contributed by atoms with Crippen LogP contribution in [0.15, 0.2) is 54.6 Å². The van der Waals surface area contributed by atoms with Gasteiger partial charge < -0.3 is 15.3 Å². The third-order valence-electron chi connectivity index (χ3n) is 4.68. The number of amides is 2. The molecule has 2 amide bonds. The van der Waals surface area contributed by atoms with Crippen LogP contribution in [-0.2, 0) is 16.1 Å². The first-order chi connectivity index (χ1) is 12.9. The van der Waals surface area contributed by atoms with Gasteiger partial charge in [0.25, 0.3) is 5.91 Å². The molecule has 2 unspecified atom stereocenters. The van der Waals surface area contributed by atoms with Crippen LogP contribution in [0, 0.1) is 11.8 Å². The Bertz CT molecular complexity index is 833. The maximum Gasteiger partial charge on any atom is 0.323 e. The number of carboxylic acid groups (broad SMARTS) is 1. The van der Waals surface area contributed by atoms with Crippen molar-refractivity contribution in [2.45, 2.75) is 19.9 Å². The van der Waals surface area contributed by atoms with Crippen LogP contribution >= 0.6 is 0 Å². The zero-order chi connectivity index (χ0) is 19.4. The average molecular weight is 366 g/mol. The maximum atomic E-state index is 12.8. The van der Waals surface area contributed by atoms with Crippen LogP contribution in [0.3, 0.4) is 0 Å². The van der Waals surface area contributed by atoms with Crippen molar-refractivity contribution in [2.24, 2.45) is 11.8 Å². The lowest BCUT2D eigenvalue weighted by atomic mass is 10.1. The largest absolute Gasteiger partial charge is 0.480 e. The fourth-order valence-electron chi connectivity index (χ4n) is 2.97. The minimum absolute atomic E-state index is 0.00171. The Hall–Kier alpha value is -3.15. The van der Waals surface area contributed by atoms with E-state index < -0.39 is 5.97 Å². The average Bonchev–Trinajstić information content (AvgIpc) is 3.39. The summed E-state index contributed by atoms with van der Waals surface area (Å²) in [6, 6.07) is 15.8. The smallest absolute Gasteiger partial charge is 0.323 e. The molecule has 6 nitrogen and oxygen atoms in total. The molecular weight excluding hydrogens is 344 g/mol. The topological polar surface area (TPSA) is 86.7 Å². The first-order valence-electron chi connectivity index (χ1n) is 8.90. The molecule has 0 aromatic heterocycles. The molecule has 2 N–H and O–H groups in total. The summed E-state index contributed by atoms with van der Waals surface area (Å²) in [5.74, 6) is -0.938. The fourth-order valence-corrected chi connectivity index (χ4v) is 2.97. The molecule has 2 aromatic carbocycles. The van der Waals surface area contributed by atoms with E-state index in [4.69, 9.17) is 5.11 Å². The molecule has 2 atom stereocenters. The minimum atomic E-state index is -1.07.